The molecule has 0 bridgehead atoms. The second-order valence-corrected chi connectivity index (χ2v) is 6.19. The molecule has 3 aromatic rings. The summed E-state index contributed by atoms with van der Waals surface area (Å²) in [4.78, 5) is 10.7. The molecule has 0 aliphatic heterocycles. The summed E-state index contributed by atoms with van der Waals surface area (Å²) in [7, 11) is 2.08. The van der Waals surface area contributed by atoms with Crippen molar-refractivity contribution in [1.29, 1.82) is 0 Å². The minimum Gasteiger partial charge on any atom is -0.481 e. The Morgan fingerprint density at radius 2 is 1.87 bits per heavy atom. The largest absolute Gasteiger partial charge is 0.481 e. The Kier molecular flexibility index (Phi) is 3.95. The highest BCUT2D eigenvalue weighted by Gasteiger charge is 2.11. The summed E-state index contributed by atoms with van der Waals surface area (Å²) in [5, 5.41) is 10.00. The van der Waals surface area contributed by atoms with E-state index in [1.165, 1.54) is 27.9 Å². The van der Waals surface area contributed by atoms with E-state index in [0.29, 0.717) is 6.42 Å². The number of aryl methyl sites for hydroxylation is 4. The van der Waals surface area contributed by atoms with Crippen molar-refractivity contribution in [3.05, 3.63) is 59.2 Å². The summed E-state index contributed by atoms with van der Waals surface area (Å²) in [6.07, 6.45) is 0.737. The maximum Gasteiger partial charge on any atom is 0.303 e. The number of carboxylic acids is 1. The zero-order valence-electron chi connectivity index (χ0n) is 13.8. The summed E-state index contributed by atoms with van der Waals surface area (Å²) in [5.74, 6) is -0.755. The molecule has 2 aromatic carbocycles. The van der Waals surface area contributed by atoms with Crippen LogP contribution in [0.2, 0.25) is 0 Å². The van der Waals surface area contributed by atoms with Crippen molar-refractivity contribution in [2.45, 2.75) is 26.7 Å². The fraction of sp³-hybridized carbons (Fsp3) is 0.250. The molecule has 0 aliphatic carbocycles. The number of carbonyl (C=O) groups is 1. The molecule has 0 saturated carbocycles. The predicted octanol–water partition coefficient (Wildman–Crippen LogP) is 4.48. The monoisotopic (exact) mass is 307 g/mol. The lowest BCUT2D eigenvalue weighted by Crippen LogP contribution is -1.97. The van der Waals surface area contributed by atoms with Gasteiger partial charge in [0.1, 0.15) is 0 Å². The van der Waals surface area contributed by atoms with E-state index in [1.807, 2.05) is 6.07 Å². The first-order valence-corrected chi connectivity index (χ1v) is 7.83. The number of hydrogen-bond donors (Lipinski definition) is 1. The van der Waals surface area contributed by atoms with Crippen LogP contribution in [0, 0.1) is 13.8 Å². The average Bonchev–Trinajstić information content (AvgIpc) is 2.84. The average molecular weight is 307 g/mol. The molecule has 0 amide bonds. The Labute approximate surface area is 136 Å². The van der Waals surface area contributed by atoms with Gasteiger partial charge < -0.3 is 9.67 Å². The van der Waals surface area contributed by atoms with Crippen LogP contribution in [-0.2, 0) is 18.3 Å². The number of aromatic nitrogens is 1. The van der Waals surface area contributed by atoms with Gasteiger partial charge in [0.15, 0.2) is 0 Å². The first-order valence-electron chi connectivity index (χ1n) is 7.83. The topological polar surface area (TPSA) is 42.2 Å². The van der Waals surface area contributed by atoms with E-state index in [-0.39, 0.29) is 6.42 Å². The Hall–Kier alpha value is -2.55. The number of rotatable bonds is 4. The van der Waals surface area contributed by atoms with Gasteiger partial charge in [-0.25, -0.2) is 0 Å². The number of aliphatic carboxylic acids is 1. The van der Waals surface area contributed by atoms with Gasteiger partial charge in [-0.05, 0) is 55.7 Å². The predicted molar refractivity (Wildman–Crippen MR) is 93.8 cm³/mol. The van der Waals surface area contributed by atoms with E-state index in [0.717, 1.165) is 10.9 Å². The smallest absolute Gasteiger partial charge is 0.303 e. The van der Waals surface area contributed by atoms with Crippen molar-refractivity contribution < 1.29 is 9.90 Å². The zero-order chi connectivity index (χ0) is 16.6. The lowest BCUT2D eigenvalue weighted by molar-refractivity contribution is -0.136. The van der Waals surface area contributed by atoms with E-state index in [4.69, 9.17) is 5.11 Å². The first-order chi connectivity index (χ1) is 11.0. The summed E-state index contributed by atoms with van der Waals surface area (Å²) < 4.78 is 2.21. The number of fused-ring (bicyclic) bond motifs is 1. The molecule has 0 unspecified atom stereocenters. The van der Waals surface area contributed by atoms with Crippen LogP contribution in [0.25, 0.3) is 22.2 Å². The second-order valence-electron chi connectivity index (χ2n) is 6.19. The third kappa shape index (κ3) is 3.00. The van der Waals surface area contributed by atoms with E-state index in [1.54, 1.807) is 0 Å². The fourth-order valence-corrected chi connectivity index (χ4v) is 3.08. The normalized spacial score (nSPS) is 11.1. The van der Waals surface area contributed by atoms with Crippen LogP contribution in [0.1, 0.15) is 23.1 Å². The summed E-state index contributed by atoms with van der Waals surface area (Å²) in [6.45, 7) is 4.24. The van der Waals surface area contributed by atoms with Crippen LogP contribution in [-0.4, -0.2) is 15.6 Å². The molecule has 0 radical (unpaired) electrons. The van der Waals surface area contributed by atoms with E-state index in [2.05, 4.69) is 61.9 Å². The van der Waals surface area contributed by atoms with Crippen LogP contribution in [0.15, 0.2) is 42.5 Å². The van der Waals surface area contributed by atoms with Crippen molar-refractivity contribution in [3.63, 3.8) is 0 Å². The SMILES string of the molecule is Cc1ccc(C)c(-c2cc3cc(CCC(=O)O)ccc3n2C)c1. The lowest BCUT2D eigenvalue weighted by atomic mass is 10.0. The molecule has 0 saturated heterocycles. The van der Waals surface area contributed by atoms with Gasteiger partial charge in [-0.1, -0.05) is 23.8 Å². The fourth-order valence-electron chi connectivity index (χ4n) is 3.08. The molecule has 23 heavy (non-hydrogen) atoms. The number of carboxylic acid groups (broad SMARTS) is 1. The van der Waals surface area contributed by atoms with Gasteiger partial charge in [0.2, 0.25) is 0 Å². The van der Waals surface area contributed by atoms with Crippen molar-refractivity contribution in [2.75, 3.05) is 0 Å². The van der Waals surface area contributed by atoms with E-state index < -0.39 is 5.97 Å². The maximum atomic E-state index is 10.7. The molecular weight excluding hydrogens is 286 g/mol. The number of hydrogen-bond acceptors (Lipinski definition) is 1. The van der Waals surface area contributed by atoms with Gasteiger partial charge in [-0.2, -0.15) is 0 Å². The van der Waals surface area contributed by atoms with Gasteiger partial charge in [0.05, 0.1) is 0 Å². The minimum atomic E-state index is -0.755. The molecule has 1 aromatic heterocycles. The van der Waals surface area contributed by atoms with Crippen LogP contribution in [0.5, 0.6) is 0 Å². The maximum absolute atomic E-state index is 10.7. The van der Waals surface area contributed by atoms with Crippen LogP contribution in [0.4, 0.5) is 0 Å². The Balaban J connectivity index is 2.07. The summed E-state index contributed by atoms with van der Waals surface area (Å²) in [6, 6.07) is 14.9. The molecule has 0 fully saturated rings. The molecule has 0 spiro atoms. The van der Waals surface area contributed by atoms with Crippen LogP contribution in [0.3, 0.4) is 0 Å². The summed E-state index contributed by atoms with van der Waals surface area (Å²) >= 11 is 0. The van der Waals surface area contributed by atoms with Crippen molar-refractivity contribution in [3.8, 4) is 11.3 Å². The Morgan fingerprint density at radius 3 is 2.61 bits per heavy atom. The highest BCUT2D eigenvalue weighted by atomic mass is 16.4. The molecule has 1 N–H and O–H groups in total. The Morgan fingerprint density at radius 1 is 1.09 bits per heavy atom. The molecule has 0 aliphatic rings. The quantitative estimate of drug-likeness (QED) is 0.772. The molecule has 3 nitrogen and oxygen atoms in total. The van der Waals surface area contributed by atoms with Gasteiger partial charge in [-0.3, -0.25) is 4.79 Å². The third-order valence-electron chi connectivity index (χ3n) is 4.40. The highest BCUT2D eigenvalue weighted by molar-refractivity contribution is 5.88. The van der Waals surface area contributed by atoms with Gasteiger partial charge in [0.25, 0.3) is 0 Å². The molecule has 1 heterocycles. The molecular formula is C20H21NO2. The van der Waals surface area contributed by atoms with Crippen molar-refractivity contribution in [1.82, 2.24) is 4.57 Å². The minimum absolute atomic E-state index is 0.169. The van der Waals surface area contributed by atoms with Crippen LogP contribution < -0.4 is 0 Å². The van der Waals surface area contributed by atoms with Gasteiger partial charge in [-0.15, -0.1) is 0 Å². The molecule has 3 rings (SSSR count). The van der Waals surface area contributed by atoms with E-state index >= 15 is 0 Å². The van der Waals surface area contributed by atoms with Gasteiger partial charge >= 0.3 is 5.97 Å². The second kappa shape index (κ2) is 5.92. The lowest BCUT2D eigenvalue weighted by Gasteiger charge is -2.09. The van der Waals surface area contributed by atoms with E-state index in [9.17, 15) is 4.79 Å². The Bertz CT molecular complexity index is 890. The highest BCUT2D eigenvalue weighted by Crippen LogP contribution is 2.30. The first kappa shape index (κ1) is 15.3. The van der Waals surface area contributed by atoms with Crippen molar-refractivity contribution >= 4 is 16.9 Å². The molecule has 118 valence electrons. The number of nitrogens with zero attached hydrogens (tertiary/aromatic N) is 1. The standard InChI is InChI=1S/C20H21NO2/c1-13-4-5-14(2)17(10-13)19-12-16-11-15(7-9-20(22)23)6-8-18(16)21(19)3/h4-6,8,10-12H,7,9H2,1-3H3,(H,22,23). The molecule has 3 heteroatoms. The third-order valence-corrected chi connectivity index (χ3v) is 4.40. The van der Waals surface area contributed by atoms with Crippen molar-refractivity contribution in [2.24, 2.45) is 7.05 Å². The zero-order valence-corrected chi connectivity index (χ0v) is 13.8. The molecule has 0 atom stereocenters. The van der Waals surface area contributed by atoms with Gasteiger partial charge in [0, 0.05) is 35.6 Å². The summed E-state index contributed by atoms with van der Waals surface area (Å²) in [5.41, 5.74) is 7.18. The van der Waals surface area contributed by atoms with Crippen LogP contribution >= 0.6 is 0 Å². The number of benzene rings is 2.